The number of unbranched alkanes of at least 4 members (excludes halogenated alkanes) is 5. The van der Waals surface area contributed by atoms with Crippen LogP contribution in [0.1, 0.15) is 89.6 Å². The number of amides is 1. The van der Waals surface area contributed by atoms with E-state index in [1.807, 2.05) is 55.1 Å². The highest BCUT2D eigenvalue weighted by Gasteiger charge is 2.27. The number of nitrogens with zero attached hydrogens (tertiary/aromatic N) is 3. The lowest BCUT2D eigenvalue weighted by Crippen LogP contribution is -2.38. The second-order valence-electron chi connectivity index (χ2n) is 9.29. The molecule has 1 amide bonds. The minimum Gasteiger partial charge on any atom is -0.333 e. The molecule has 0 N–H and O–H groups in total. The summed E-state index contributed by atoms with van der Waals surface area (Å²) in [7, 11) is 0. The van der Waals surface area contributed by atoms with Gasteiger partial charge in [0, 0.05) is 18.0 Å². The molecule has 1 unspecified atom stereocenters. The van der Waals surface area contributed by atoms with Crippen LogP contribution in [0, 0.1) is 6.92 Å². The van der Waals surface area contributed by atoms with E-state index < -0.39 is 0 Å². The molecule has 35 heavy (non-hydrogen) atoms. The number of fused-ring (bicyclic) bond motifs is 1. The van der Waals surface area contributed by atoms with Crippen LogP contribution in [0.2, 0.25) is 5.02 Å². The van der Waals surface area contributed by atoms with Crippen molar-refractivity contribution in [3.8, 4) is 5.69 Å². The normalized spacial score (nSPS) is 12.1. The van der Waals surface area contributed by atoms with Crippen LogP contribution >= 0.6 is 11.6 Å². The van der Waals surface area contributed by atoms with Gasteiger partial charge in [-0.15, -0.1) is 0 Å². The van der Waals surface area contributed by atoms with Crippen molar-refractivity contribution in [1.82, 2.24) is 14.5 Å². The van der Waals surface area contributed by atoms with Gasteiger partial charge in [0.05, 0.1) is 22.6 Å². The maximum atomic E-state index is 13.8. The first-order chi connectivity index (χ1) is 16.9. The molecule has 0 saturated heterocycles. The van der Waals surface area contributed by atoms with Crippen molar-refractivity contribution >= 4 is 28.4 Å². The number of hydrogen-bond donors (Lipinski definition) is 0. The molecule has 0 aliphatic carbocycles. The van der Waals surface area contributed by atoms with E-state index in [9.17, 15) is 9.59 Å². The molecule has 0 aliphatic heterocycles. The predicted molar refractivity (Wildman–Crippen MR) is 145 cm³/mol. The van der Waals surface area contributed by atoms with Gasteiger partial charge in [-0.3, -0.25) is 14.2 Å². The average Bonchev–Trinajstić information content (AvgIpc) is 2.86. The molecule has 3 rings (SSSR count). The summed E-state index contributed by atoms with van der Waals surface area (Å²) in [6.45, 7) is 8.85. The lowest BCUT2D eigenvalue weighted by molar-refractivity contribution is -0.133. The fourth-order valence-electron chi connectivity index (χ4n) is 4.53. The third-order valence-electron chi connectivity index (χ3n) is 6.69. The van der Waals surface area contributed by atoms with Crippen molar-refractivity contribution in [3.05, 3.63) is 69.2 Å². The molecule has 0 saturated carbocycles. The number of benzene rings is 2. The molecule has 3 aromatic rings. The number of para-hydroxylation sites is 1. The molecule has 5 nitrogen and oxygen atoms in total. The minimum atomic E-state index is -0.361. The summed E-state index contributed by atoms with van der Waals surface area (Å²) in [5.74, 6) is 0.689. The van der Waals surface area contributed by atoms with Gasteiger partial charge in [0.1, 0.15) is 5.82 Å². The first-order valence-electron chi connectivity index (χ1n) is 13.0. The Bertz CT molecular complexity index is 1200. The van der Waals surface area contributed by atoms with Crippen molar-refractivity contribution in [1.29, 1.82) is 0 Å². The molecular formula is C29H38ClN3O2. The molecule has 1 atom stereocenters. The Kier molecular flexibility index (Phi) is 9.91. The van der Waals surface area contributed by atoms with E-state index in [1.165, 1.54) is 12.8 Å². The lowest BCUT2D eigenvalue weighted by Gasteiger charge is -2.31. The predicted octanol–water partition coefficient (Wildman–Crippen LogP) is 7.40. The molecule has 0 spiro atoms. The van der Waals surface area contributed by atoms with E-state index in [0.29, 0.717) is 40.4 Å². The number of halogens is 1. The summed E-state index contributed by atoms with van der Waals surface area (Å²) in [4.78, 5) is 34.0. The Hall–Kier alpha value is -2.66. The fraction of sp³-hybridized carbons (Fsp3) is 0.483. The number of carbonyl (C=O) groups is 1. The molecular weight excluding hydrogens is 458 g/mol. The van der Waals surface area contributed by atoms with E-state index in [2.05, 4.69) is 13.8 Å². The first-order valence-corrected chi connectivity index (χ1v) is 13.3. The molecule has 0 fully saturated rings. The third kappa shape index (κ3) is 6.32. The second-order valence-corrected chi connectivity index (χ2v) is 9.70. The largest absolute Gasteiger partial charge is 0.333 e. The van der Waals surface area contributed by atoms with Gasteiger partial charge in [0.15, 0.2) is 0 Å². The molecule has 1 aromatic heterocycles. The molecule has 1 heterocycles. The zero-order valence-corrected chi connectivity index (χ0v) is 22.3. The van der Waals surface area contributed by atoms with E-state index in [-0.39, 0.29) is 17.5 Å². The smallest absolute Gasteiger partial charge is 0.266 e. The molecule has 0 radical (unpaired) electrons. The molecule has 6 heteroatoms. The van der Waals surface area contributed by atoms with Crippen molar-refractivity contribution in [3.63, 3.8) is 0 Å². The highest BCUT2D eigenvalue weighted by atomic mass is 35.5. The highest BCUT2D eigenvalue weighted by Crippen LogP contribution is 2.28. The van der Waals surface area contributed by atoms with Gasteiger partial charge in [0.2, 0.25) is 5.91 Å². The summed E-state index contributed by atoms with van der Waals surface area (Å²) in [6, 6.07) is 12.6. The number of aromatic nitrogens is 2. The summed E-state index contributed by atoms with van der Waals surface area (Å²) in [5.41, 5.74) is 2.00. The van der Waals surface area contributed by atoms with Crippen molar-refractivity contribution in [2.45, 2.75) is 85.1 Å². The second kappa shape index (κ2) is 12.9. The van der Waals surface area contributed by atoms with Gasteiger partial charge in [-0.2, -0.15) is 0 Å². The van der Waals surface area contributed by atoms with Crippen LogP contribution in [-0.4, -0.2) is 26.9 Å². The van der Waals surface area contributed by atoms with Gasteiger partial charge in [-0.05, 0) is 56.5 Å². The highest BCUT2D eigenvalue weighted by molar-refractivity contribution is 6.31. The topological polar surface area (TPSA) is 55.2 Å². The van der Waals surface area contributed by atoms with E-state index in [0.717, 1.165) is 37.7 Å². The number of hydrogen-bond acceptors (Lipinski definition) is 3. The first kappa shape index (κ1) is 26.9. The van der Waals surface area contributed by atoms with E-state index in [4.69, 9.17) is 16.6 Å². The van der Waals surface area contributed by atoms with Crippen LogP contribution in [0.3, 0.4) is 0 Å². The zero-order chi connectivity index (χ0) is 25.4. The van der Waals surface area contributed by atoms with E-state index in [1.54, 1.807) is 10.6 Å². The Morgan fingerprint density at radius 2 is 1.71 bits per heavy atom. The van der Waals surface area contributed by atoms with Gasteiger partial charge < -0.3 is 4.90 Å². The maximum absolute atomic E-state index is 13.8. The Labute approximate surface area is 214 Å². The number of rotatable bonds is 12. The monoisotopic (exact) mass is 495 g/mol. The molecule has 188 valence electrons. The summed E-state index contributed by atoms with van der Waals surface area (Å²) < 4.78 is 1.65. The van der Waals surface area contributed by atoms with Crippen LogP contribution in [0.5, 0.6) is 0 Å². The molecule has 0 aliphatic rings. The zero-order valence-electron chi connectivity index (χ0n) is 21.5. The van der Waals surface area contributed by atoms with Crippen LogP contribution in [-0.2, 0) is 4.79 Å². The standard InChI is InChI=1S/C29H38ClN3O2/c1-5-7-9-10-11-19-27(34)32(20-8-6-2)22(4)28-31-25-17-13-12-15-23(25)29(35)33(28)26-18-14-16-24(30)21(26)3/h12-18,22H,5-11,19-20H2,1-4H3. The van der Waals surface area contributed by atoms with Crippen molar-refractivity contribution < 1.29 is 4.79 Å². The van der Waals surface area contributed by atoms with Crippen molar-refractivity contribution in [2.24, 2.45) is 0 Å². The summed E-state index contributed by atoms with van der Waals surface area (Å²) in [5, 5.41) is 1.14. The lowest BCUT2D eigenvalue weighted by atomic mass is 10.1. The van der Waals surface area contributed by atoms with Crippen LogP contribution in [0.15, 0.2) is 47.3 Å². The Morgan fingerprint density at radius 3 is 2.46 bits per heavy atom. The SMILES string of the molecule is CCCCCCCC(=O)N(CCCC)C(C)c1nc2ccccc2c(=O)n1-c1cccc(Cl)c1C. The Morgan fingerprint density at radius 1 is 1.00 bits per heavy atom. The van der Waals surface area contributed by atoms with Gasteiger partial charge in [-0.1, -0.05) is 75.8 Å². The Balaban J connectivity index is 2.08. The fourth-order valence-corrected chi connectivity index (χ4v) is 4.70. The minimum absolute atomic E-state index is 0.124. The maximum Gasteiger partial charge on any atom is 0.266 e. The summed E-state index contributed by atoms with van der Waals surface area (Å²) in [6.07, 6.45) is 7.91. The van der Waals surface area contributed by atoms with Crippen LogP contribution < -0.4 is 5.56 Å². The average molecular weight is 496 g/mol. The van der Waals surface area contributed by atoms with Crippen molar-refractivity contribution in [2.75, 3.05) is 6.54 Å². The molecule has 0 bridgehead atoms. The molecule has 2 aromatic carbocycles. The van der Waals surface area contributed by atoms with Gasteiger partial charge in [0.25, 0.3) is 5.56 Å². The quantitative estimate of drug-likeness (QED) is 0.246. The van der Waals surface area contributed by atoms with E-state index >= 15 is 0 Å². The van der Waals surface area contributed by atoms with Gasteiger partial charge >= 0.3 is 0 Å². The number of carbonyl (C=O) groups excluding carboxylic acids is 1. The van der Waals surface area contributed by atoms with Crippen LogP contribution in [0.4, 0.5) is 0 Å². The van der Waals surface area contributed by atoms with Gasteiger partial charge in [-0.25, -0.2) is 4.98 Å². The summed E-state index contributed by atoms with van der Waals surface area (Å²) >= 11 is 6.44. The van der Waals surface area contributed by atoms with Crippen LogP contribution in [0.25, 0.3) is 16.6 Å². The third-order valence-corrected chi connectivity index (χ3v) is 7.10.